The average Bonchev–Trinajstić information content (AvgIpc) is 2.77. The fraction of sp³-hybridized carbons (Fsp3) is 0.455. The Bertz CT molecular complexity index is 390. The maximum absolute atomic E-state index is 11.4. The predicted octanol–water partition coefficient (Wildman–Crippen LogP) is -0.0447. The van der Waals surface area contributed by atoms with Gasteiger partial charge in [0.1, 0.15) is 5.76 Å². The van der Waals surface area contributed by atoms with Crippen molar-refractivity contribution in [1.29, 1.82) is 0 Å². The van der Waals surface area contributed by atoms with Crippen molar-refractivity contribution in [2.45, 2.75) is 25.4 Å². The Balaban J connectivity index is 2.37. The maximum atomic E-state index is 11.4. The molecular weight excluding hydrogens is 240 g/mol. The first-order chi connectivity index (χ1) is 8.52. The monoisotopic (exact) mass is 256 g/mol. The summed E-state index contributed by atoms with van der Waals surface area (Å²) in [6.45, 7) is 1.10. The normalized spacial score (nSPS) is 13.7. The molecule has 4 N–H and O–H groups in total. The maximum Gasteiger partial charge on any atom is 0.328 e. The summed E-state index contributed by atoms with van der Waals surface area (Å²) in [6.07, 6.45) is 2.03. The molecule has 0 aromatic carbocycles. The molecule has 0 aliphatic carbocycles. The zero-order chi connectivity index (χ0) is 13.5. The number of carboxylic acid groups (broad SMARTS) is 1. The van der Waals surface area contributed by atoms with E-state index in [0.717, 1.165) is 5.76 Å². The third-order valence-corrected chi connectivity index (χ3v) is 2.25. The van der Waals surface area contributed by atoms with Crippen molar-refractivity contribution >= 4 is 12.0 Å². The first-order valence-electron chi connectivity index (χ1n) is 5.46. The number of urea groups is 1. The highest BCUT2D eigenvalue weighted by Gasteiger charge is 2.19. The minimum atomic E-state index is -1.30. The first kappa shape index (κ1) is 14.0. The van der Waals surface area contributed by atoms with Crippen LogP contribution in [0.1, 0.15) is 12.7 Å². The smallest absolute Gasteiger partial charge is 0.328 e. The second kappa shape index (κ2) is 6.65. The van der Waals surface area contributed by atoms with Crippen molar-refractivity contribution in [2.24, 2.45) is 0 Å². The van der Waals surface area contributed by atoms with Gasteiger partial charge in [0.05, 0.1) is 12.9 Å². The van der Waals surface area contributed by atoms with E-state index in [4.69, 9.17) is 14.6 Å². The van der Waals surface area contributed by atoms with Crippen LogP contribution >= 0.6 is 0 Å². The zero-order valence-corrected chi connectivity index (χ0v) is 9.92. The van der Waals surface area contributed by atoms with Gasteiger partial charge in [0.15, 0.2) is 6.04 Å². The van der Waals surface area contributed by atoms with Crippen molar-refractivity contribution < 1.29 is 24.2 Å². The number of aliphatic hydroxyl groups excluding tert-OH is 1. The van der Waals surface area contributed by atoms with Crippen molar-refractivity contribution in [3.63, 3.8) is 0 Å². The summed E-state index contributed by atoms with van der Waals surface area (Å²) in [7, 11) is 0. The molecule has 100 valence electrons. The molecule has 2 atom stereocenters. The third kappa shape index (κ3) is 4.46. The summed E-state index contributed by atoms with van der Waals surface area (Å²) in [6, 6.07) is 1.36. The summed E-state index contributed by atoms with van der Waals surface area (Å²) >= 11 is 0. The molecule has 0 saturated carbocycles. The summed E-state index contributed by atoms with van der Waals surface area (Å²) in [5.74, 6) is -0.564. The Hall–Kier alpha value is -2.02. The Morgan fingerprint density at radius 1 is 1.44 bits per heavy atom. The van der Waals surface area contributed by atoms with Crippen molar-refractivity contribution in [2.75, 3.05) is 6.61 Å². The van der Waals surface area contributed by atoms with Crippen molar-refractivity contribution in [3.8, 4) is 0 Å². The molecular formula is C11H16N2O5. The molecule has 18 heavy (non-hydrogen) atoms. The van der Waals surface area contributed by atoms with E-state index in [-0.39, 0.29) is 6.04 Å². The van der Waals surface area contributed by atoms with Crippen LogP contribution in [0.3, 0.4) is 0 Å². The van der Waals surface area contributed by atoms with Gasteiger partial charge >= 0.3 is 12.0 Å². The van der Waals surface area contributed by atoms with E-state index >= 15 is 0 Å². The van der Waals surface area contributed by atoms with E-state index in [9.17, 15) is 9.59 Å². The van der Waals surface area contributed by atoms with E-state index in [1.807, 2.05) is 0 Å². The lowest BCUT2D eigenvalue weighted by Crippen LogP contribution is -2.50. The molecule has 0 spiro atoms. The molecule has 7 heteroatoms. The number of carbonyl (C=O) groups excluding carboxylic acids is 1. The molecule has 0 bridgehead atoms. The lowest BCUT2D eigenvalue weighted by Gasteiger charge is -2.16. The van der Waals surface area contributed by atoms with Crippen molar-refractivity contribution in [3.05, 3.63) is 24.2 Å². The van der Waals surface area contributed by atoms with E-state index in [1.165, 1.54) is 6.26 Å². The molecule has 0 saturated heterocycles. The number of carbonyl (C=O) groups is 2. The van der Waals surface area contributed by atoms with E-state index < -0.39 is 24.6 Å². The molecule has 0 aliphatic rings. The lowest BCUT2D eigenvalue weighted by atomic mass is 10.2. The summed E-state index contributed by atoms with van der Waals surface area (Å²) in [5, 5.41) is 22.1. The first-order valence-corrected chi connectivity index (χ1v) is 5.46. The number of amides is 2. The molecule has 1 rings (SSSR count). The highest BCUT2D eigenvalue weighted by atomic mass is 16.4. The van der Waals surface area contributed by atoms with Gasteiger partial charge in [0, 0.05) is 12.5 Å². The van der Waals surface area contributed by atoms with Gasteiger partial charge in [-0.1, -0.05) is 0 Å². The highest BCUT2D eigenvalue weighted by Crippen LogP contribution is 2.03. The second-order valence-corrected chi connectivity index (χ2v) is 3.88. The van der Waals surface area contributed by atoms with Crippen LogP contribution < -0.4 is 10.6 Å². The number of hydrogen-bond donors (Lipinski definition) is 4. The molecule has 2 amide bonds. The molecule has 0 aliphatic heterocycles. The Labute approximate surface area is 104 Å². The van der Waals surface area contributed by atoms with Crippen LogP contribution in [0.15, 0.2) is 22.8 Å². The minimum absolute atomic E-state index is 0.218. The van der Waals surface area contributed by atoms with Crippen LogP contribution in [0.25, 0.3) is 0 Å². The number of rotatable bonds is 6. The fourth-order valence-corrected chi connectivity index (χ4v) is 1.39. The van der Waals surface area contributed by atoms with Gasteiger partial charge in [-0.05, 0) is 19.1 Å². The van der Waals surface area contributed by atoms with Gasteiger partial charge < -0.3 is 25.3 Å². The van der Waals surface area contributed by atoms with Gasteiger partial charge in [0.25, 0.3) is 0 Å². The molecule has 0 fully saturated rings. The second-order valence-electron chi connectivity index (χ2n) is 3.88. The fourth-order valence-electron chi connectivity index (χ4n) is 1.39. The lowest BCUT2D eigenvalue weighted by molar-refractivity contribution is -0.140. The number of hydrogen-bond acceptors (Lipinski definition) is 4. The Morgan fingerprint density at radius 2 is 2.17 bits per heavy atom. The number of furan rings is 1. The predicted molar refractivity (Wildman–Crippen MR) is 62.1 cm³/mol. The molecule has 0 radical (unpaired) electrons. The van der Waals surface area contributed by atoms with Crippen LogP contribution in [0.4, 0.5) is 4.79 Å². The standard InChI is InChI=1S/C11H16N2O5/c1-7(5-8-3-2-4-18-8)12-11(17)13-9(6-14)10(15)16/h2-4,7,9,14H,5-6H2,1H3,(H,15,16)(H2,12,13,17)/t7?,9-/m1/s1. The van der Waals surface area contributed by atoms with Crippen LogP contribution in [-0.4, -0.2) is 40.9 Å². The van der Waals surface area contributed by atoms with Crippen molar-refractivity contribution in [1.82, 2.24) is 10.6 Å². The van der Waals surface area contributed by atoms with Gasteiger partial charge in [-0.25, -0.2) is 9.59 Å². The van der Waals surface area contributed by atoms with E-state index in [1.54, 1.807) is 19.1 Å². The minimum Gasteiger partial charge on any atom is -0.480 e. The van der Waals surface area contributed by atoms with Gasteiger partial charge in [-0.2, -0.15) is 0 Å². The van der Waals surface area contributed by atoms with Crippen LogP contribution in [0, 0.1) is 0 Å². The topological polar surface area (TPSA) is 112 Å². The van der Waals surface area contributed by atoms with Gasteiger partial charge in [-0.3, -0.25) is 0 Å². The van der Waals surface area contributed by atoms with Gasteiger partial charge in [0.2, 0.25) is 0 Å². The van der Waals surface area contributed by atoms with Crippen LogP contribution in [0.5, 0.6) is 0 Å². The molecule has 1 unspecified atom stereocenters. The van der Waals surface area contributed by atoms with Gasteiger partial charge in [-0.15, -0.1) is 0 Å². The quantitative estimate of drug-likeness (QED) is 0.570. The number of aliphatic carboxylic acids is 1. The summed E-state index contributed by atoms with van der Waals surface area (Å²) < 4.78 is 5.12. The summed E-state index contributed by atoms with van der Waals surface area (Å²) in [4.78, 5) is 22.0. The molecule has 1 heterocycles. The largest absolute Gasteiger partial charge is 0.480 e. The Kier molecular flexibility index (Phi) is 5.19. The van der Waals surface area contributed by atoms with E-state index in [2.05, 4.69) is 10.6 Å². The summed E-state index contributed by atoms with van der Waals surface area (Å²) in [5.41, 5.74) is 0. The molecule has 1 aromatic heterocycles. The van der Waals surface area contributed by atoms with Crippen LogP contribution in [-0.2, 0) is 11.2 Å². The number of aliphatic hydroxyl groups is 1. The molecule has 7 nitrogen and oxygen atoms in total. The SMILES string of the molecule is CC(Cc1ccco1)NC(=O)N[C@H](CO)C(=O)O. The third-order valence-electron chi connectivity index (χ3n) is 2.25. The highest BCUT2D eigenvalue weighted by molar-refractivity contribution is 5.82. The van der Waals surface area contributed by atoms with Crippen LogP contribution in [0.2, 0.25) is 0 Å². The Morgan fingerprint density at radius 3 is 2.67 bits per heavy atom. The average molecular weight is 256 g/mol. The number of carboxylic acids is 1. The number of nitrogens with one attached hydrogen (secondary N) is 2. The zero-order valence-electron chi connectivity index (χ0n) is 9.92. The molecule has 1 aromatic rings. The van der Waals surface area contributed by atoms with E-state index in [0.29, 0.717) is 6.42 Å².